The van der Waals surface area contributed by atoms with Crippen molar-refractivity contribution in [3.63, 3.8) is 0 Å². The Kier molecular flexibility index (Phi) is 23.8. The smallest absolute Gasteiger partial charge is 0.320 e. The van der Waals surface area contributed by atoms with Crippen LogP contribution in [0.2, 0.25) is 0 Å². The molecule has 7 N–H and O–H groups in total. The number of nitrogens with zero attached hydrogens (tertiary/aromatic N) is 4. The van der Waals surface area contributed by atoms with Crippen LogP contribution in [0, 0.1) is 5.41 Å². The summed E-state index contributed by atoms with van der Waals surface area (Å²) in [5.41, 5.74) is -0.362. The number of carbonyl (C=O) groups excluding carboxylic acids is 3. The summed E-state index contributed by atoms with van der Waals surface area (Å²) in [6.45, 7) is 7.60. The molecule has 0 saturated carbocycles. The summed E-state index contributed by atoms with van der Waals surface area (Å²) in [6, 6.07) is -1.13. The van der Waals surface area contributed by atoms with Crippen molar-refractivity contribution in [2.24, 2.45) is 5.41 Å². The summed E-state index contributed by atoms with van der Waals surface area (Å²) in [5.74, 6) is -5.52. The highest BCUT2D eigenvalue weighted by atomic mass is 16.5. The van der Waals surface area contributed by atoms with E-state index in [2.05, 4.69) is 16.0 Å². The first-order chi connectivity index (χ1) is 25.5. The summed E-state index contributed by atoms with van der Waals surface area (Å²) in [5, 5.41) is 46.2. The zero-order valence-corrected chi connectivity index (χ0v) is 31.9. The van der Waals surface area contributed by atoms with E-state index in [0.717, 1.165) is 6.42 Å². The number of hydrogen-bond acceptors (Lipinski definition) is 13. The summed E-state index contributed by atoms with van der Waals surface area (Å²) >= 11 is 0. The molecule has 1 aliphatic heterocycles. The topological polar surface area (TPSA) is 268 Å². The van der Waals surface area contributed by atoms with Gasteiger partial charge in [-0.1, -0.05) is 20.8 Å². The quantitative estimate of drug-likeness (QED) is 0.0490. The van der Waals surface area contributed by atoms with Crippen LogP contribution in [0.5, 0.6) is 0 Å². The highest BCUT2D eigenvalue weighted by molar-refractivity contribution is 5.84. The van der Waals surface area contributed by atoms with Gasteiger partial charge in [-0.05, 0) is 18.3 Å². The number of hydrogen-bond donors (Lipinski definition) is 7. The number of aliphatic carboxylic acids is 4. The summed E-state index contributed by atoms with van der Waals surface area (Å²) in [6.07, 6.45) is 0.892. The fraction of sp³-hybridized carbons (Fsp3) is 0.794. The van der Waals surface area contributed by atoms with Gasteiger partial charge in [0.2, 0.25) is 17.7 Å². The van der Waals surface area contributed by atoms with Gasteiger partial charge >= 0.3 is 23.9 Å². The molecule has 20 heteroatoms. The van der Waals surface area contributed by atoms with Gasteiger partial charge in [0.1, 0.15) is 6.04 Å². The summed E-state index contributed by atoms with van der Waals surface area (Å²) in [7, 11) is 0. The van der Waals surface area contributed by atoms with Gasteiger partial charge in [-0.15, -0.1) is 0 Å². The molecule has 54 heavy (non-hydrogen) atoms. The van der Waals surface area contributed by atoms with Gasteiger partial charge in [0.15, 0.2) is 0 Å². The zero-order chi connectivity index (χ0) is 40.5. The third-order valence-electron chi connectivity index (χ3n) is 8.38. The Morgan fingerprint density at radius 2 is 1.09 bits per heavy atom. The zero-order valence-electron chi connectivity index (χ0n) is 31.9. The lowest BCUT2D eigenvalue weighted by Gasteiger charge is -2.35. The maximum atomic E-state index is 12.6. The molecule has 1 saturated heterocycles. The van der Waals surface area contributed by atoms with E-state index in [1.54, 1.807) is 19.6 Å². The van der Waals surface area contributed by atoms with Crippen LogP contribution in [-0.2, 0) is 43.0 Å². The summed E-state index contributed by atoms with van der Waals surface area (Å²) in [4.78, 5) is 90.1. The Morgan fingerprint density at radius 1 is 0.630 bits per heavy atom. The molecule has 1 fully saturated rings. The highest BCUT2D eigenvalue weighted by Gasteiger charge is 2.29. The fourth-order valence-electron chi connectivity index (χ4n) is 5.64. The van der Waals surface area contributed by atoms with Crippen molar-refractivity contribution in [1.29, 1.82) is 0 Å². The molecule has 0 bridgehead atoms. The Morgan fingerprint density at radius 3 is 1.54 bits per heavy atom. The van der Waals surface area contributed by atoms with Gasteiger partial charge in [0.05, 0.1) is 46.0 Å². The molecule has 1 heterocycles. The number of amides is 3. The van der Waals surface area contributed by atoms with Crippen LogP contribution in [0.15, 0.2) is 0 Å². The second-order valence-electron chi connectivity index (χ2n) is 13.9. The van der Waals surface area contributed by atoms with Crippen molar-refractivity contribution >= 4 is 41.6 Å². The second kappa shape index (κ2) is 26.8. The van der Waals surface area contributed by atoms with Crippen LogP contribution < -0.4 is 16.0 Å². The first-order valence-corrected chi connectivity index (χ1v) is 18.3. The van der Waals surface area contributed by atoms with Gasteiger partial charge in [-0.3, -0.25) is 53.2 Å². The molecule has 310 valence electrons. The van der Waals surface area contributed by atoms with Crippen molar-refractivity contribution in [2.75, 3.05) is 118 Å². The number of carboxylic acid groups (broad SMARTS) is 4. The Hall–Kier alpha value is -3.95. The average Bonchev–Trinajstić information content (AvgIpc) is 3.06. The predicted octanol–water partition coefficient (Wildman–Crippen LogP) is -2.10. The largest absolute Gasteiger partial charge is 0.480 e. The number of rotatable bonds is 25. The van der Waals surface area contributed by atoms with Crippen LogP contribution in [0.1, 0.15) is 46.5 Å². The van der Waals surface area contributed by atoms with Gasteiger partial charge < -0.3 is 45.9 Å². The molecule has 0 aromatic heterocycles. The predicted molar refractivity (Wildman–Crippen MR) is 194 cm³/mol. The van der Waals surface area contributed by atoms with Crippen molar-refractivity contribution in [3.05, 3.63) is 0 Å². The number of carbonyl (C=O) groups is 7. The highest BCUT2D eigenvalue weighted by Crippen LogP contribution is 2.20. The SMILES string of the molecule is CCCOCC(C)(C)CC(=O)NCC(=O)NCCOCCNC(=O)CCC(C(=O)O)N1CCN(CC(=O)O)CCN(CC(=O)O)CCN(CC(=O)O)CC1. The van der Waals surface area contributed by atoms with Gasteiger partial charge in [0, 0.05) is 84.9 Å². The molecular formula is C34H61N7O13. The van der Waals surface area contributed by atoms with E-state index in [9.17, 15) is 54.0 Å². The Labute approximate surface area is 316 Å². The first-order valence-electron chi connectivity index (χ1n) is 18.3. The van der Waals surface area contributed by atoms with Crippen molar-refractivity contribution in [3.8, 4) is 0 Å². The van der Waals surface area contributed by atoms with E-state index in [4.69, 9.17) is 9.47 Å². The first kappa shape index (κ1) is 48.1. The molecular weight excluding hydrogens is 714 g/mol. The maximum Gasteiger partial charge on any atom is 0.320 e. The second-order valence-corrected chi connectivity index (χ2v) is 13.9. The van der Waals surface area contributed by atoms with Crippen LogP contribution in [-0.4, -0.2) is 206 Å². The molecule has 1 atom stereocenters. The fourth-order valence-corrected chi connectivity index (χ4v) is 5.64. The molecule has 20 nitrogen and oxygen atoms in total. The van der Waals surface area contributed by atoms with E-state index in [-0.39, 0.29) is 141 Å². The maximum absolute atomic E-state index is 12.6. The molecule has 1 rings (SSSR count). The van der Waals surface area contributed by atoms with Crippen molar-refractivity contribution < 1.29 is 63.5 Å². The van der Waals surface area contributed by atoms with E-state index < -0.39 is 35.8 Å². The minimum Gasteiger partial charge on any atom is -0.480 e. The molecule has 3 amide bonds. The normalized spacial score (nSPS) is 16.4. The third-order valence-corrected chi connectivity index (χ3v) is 8.38. The van der Waals surface area contributed by atoms with Gasteiger partial charge in [-0.25, -0.2) is 0 Å². The monoisotopic (exact) mass is 775 g/mol. The molecule has 0 spiro atoms. The van der Waals surface area contributed by atoms with E-state index >= 15 is 0 Å². The molecule has 1 aliphatic rings. The lowest BCUT2D eigenvalue weighted by Crippen LogP contribution is -2.52. The third kappa shape index (κ3) is 23.7. The molecule has 1 unspecified atom stereocenters. The minimum atomic E-state index is -1.19. The number of nitrogens with one attached hydrogen (secondary N) is 3. The lowest BCUT2D eigenvalue weighted by atomic mass is 9.90. The standard InChI is InChI=1S/C34H61N7O13/c1-4-17-54-25-34(2,3)20-28(43)37-21-29(44)36-8-19-53-18-7-35-27(42)6-5-26(33(51)52)41-15-13-39(23-31(47)48)11-9-38(22-30(45)46)10-12-40(14-16-41)24-32(49)50/h26H,4-25H2,1-3H3,(H,35,42)(H,36,44)(H,37,43)(H,45,46)(H,47,48)(H,49,50)(H,51,52). The van der Waals surface area contributed by atoms with Crippen LogP contribution in [0.4, 0.5) is 0 Å². The van der Waals surface area contributed by atoms with Crippen molar-refractivity contribution in [2.45, 2.75) is 52.5 Å². The average molecular weight is 776 g/mol. The molecule has 0 aliphatic carbocycles. The van der Waals surface area contributed by atoms with Crippen LogP contribution >= 0.6 is 0 Å². The van der Waals surface area contributed by atoms with Crippen LogP contribution in [0.25, 0.3) is 0 Å². The molecule has 0 radical (unpaired) electrons. The van der Waals surface area contributed by atoms with Crippen LogP contribution in [0.3, 0.4) is 0 Å². The van der Waals surface area contributed by atoms with E-state index in [1.165, 1.54) is 0 Å². The van der Waals surface area contributed by atoms with Gasteiger partial charge in [-0.2, -0.15) is 0 Å². The lowest BCUT2D eigenvalue weighted by molar-refractivity contribution is -0.145. The van der Waals surface area contributed by atoms with E-state index in [1.807, 2.05) is 20.8 Å². The Balaban J connectivity index is 2.58. The Bertz CT molecular complexity index is 1170. The number of carboxylic acids is 4. The molecule has 0 aromatic carbocycles. The number of ether oxygens (including phenoxy) is 2. The van der Waals surface area contributed by atoms with Crippen molar-refractivity contribution in [1.82, 2.24) is 35.6 Å². The van der Waals surface area contributed by atoms with E-state index in [0.29, 0.717) is 13.2 Å². The summed E-state index contributed by atoms with van der Waals surface area (Å²) < 4.78 is 11.0. The molecule has 0 aromatic rings. The minimum absolute atomic E-state index is 0.0705. The van der Waals surface area contributed by atoms with Gasteiger partial charge in [0.25, 0.3) is 0 Å².